The Kier molecular flexibility index (Phi) is 11.2. The largest absolute Gasteiger partial charge is 0.488 e. The van der Waals surface area contributed by atoms with E-state index in [0.717, 1.165) is 33.5 Å². The van der Waals surface area contributed by atoms with Gasteiger partial charge in [-0.25, -0.2) is 0 Å². The van der Waals surface area contributed by atoms with Crippen LogP contribution in [0, 0.1) is 0 Å². The van der Waals surface area contributed by atoms with Gasteiger partial charge in [-0.2, -0.15) is 0 Å². The summed E-state index contributed by atoms with van der Waals surface area (Å²) in [4.78, 5) is 23.8. The number of carbonyl (C=O) groups is 2. The first-order valence-electron chi connectivity index (χ1n) is 13.0. The van der Waals surface area contributed by atoms with E-state index in [9.17, 15) is 9.59 Å². The molecular weight excluding hydrogens is 488 g/mol. The molecule has 0 spiro atoms. The number of methoxy groups -OCH3 is 2. The Labute approximate surface area is 224 Å². The summed E-state index contributed by atoms with van der Waals surface area (Å²) in [6.45, 7) is 6.31. The normalized spacial score (nSPS) is 12.8. The molecule has 206 valence electrons. The molecule has 0 N–H and O–H groups in total. The monoisotopic (exact) mass is 526 g/mol. The highest BCUT2D eigenvalue weighted by atomic mass is 16.6. The van der Waals surface area contributed by atoms with Gasteiger partial charge in [0.15, 0.2) is 12.2 Å². The van der Waals surface area contributed by atoms with Crippen LogP contribution in [0.15, 0.2) is 42.5 Å². The quantitative estimate of drug-likeness (QED) is 0.196. The molecule has 0 aliphatic rings. The highest BCUT2D eigenvalue weighted by Gasteiger charge is 2.21. The molecule has 0 aliphatic heterocycles. The number of hydrogen-bond acceptors (Lipinski definition) is 8. The van der Waals surface area contributed by atoms with Gasteiger partial charge < -0.3 is 28.4 Å². The standard InChI is InChI=1S/C30H38O8/c1-6-20-13-14-25-26(15-20)30(36-19-22(17-34-5)38-28(32)8-3)24-12-10-9-11-23(24)29(25)35-18-21(16-33-4)37-27(31)7-2/h9-15,21-22H,6-8,16-19H2,1-5H3. The lowest BCUT2D eigenvalue weighted by Crippen LogP contribution is -2.29. The van der Waals surface area contributed by atoms with Crippen molar-refractivity contribution < 1.29 is 38.0 Å². The zero-order valence-electron chi connectivity index (χ0n) is 22.9. The van der Waals surface area contributed by atoms with Gasteiger partial charge in [-0.05, 0) is 18.1 Å². The van der Waals surface area contributed by atoms with Crippen molar-refractivity contribution in [3.8, 4) is 11.5 Å². The minimum atomic E-state index is -0.547. The summed E-state index contributed by atoms with van der Waals surface area (Å²) in [5, 5.41) is 3.45. The second-order valence-corrected chi connectivity index (χ2v) is 8.90. The Hall–Kier alpha value is -3.36. The van der Waals surface area contributed by atoms with E-state index in [2.05, 4.69) is 19.1 Å². The lowest BCUT2D eigenvalue weighted by molar-refractivity contribution is -0.153. The lowest BCUT2D eigenvalue weighted by Gasteiger charge is -2.22. The molecule has 3 rings (SSSR count). The van der Waals surface area contributed by atoms with Gasteiger partial charge in [-0.3, -0.25) is 9.59 Å². The van der Waals surface area contributed by atoms with Gasteiger partial charge in [-0.15, -0.1) is 0 Å². The maximum atomic E-state index is 11.9. The number of benzene rings is 3. The maximum absolute atomic E-state index is 11.9. The van der Waals surface area contributed by atoms with Crippen molar-refractivity contribution >= 4 is 33.5 Å². The van der Waals surface area contributed by atoms with E-state index in [4.69, 9.17) is 28.4 Å². The Morgan fingerprint density at radius 3 is 1.58 bits per heavy atom. The van der Waals surface area contributed by atoms with Gasteiger partial charge in [0, 0.05) is 48.6 Å². The minimum absolute atomic E-state index is 0.136. The SMILES string of the molecule is CCC(=O)OC(COC)COc1c2ccccc2c(OCC(COC)OC(=O)CC)c2cc(CC)ccc12. The molecular formula is C30H38O8. The van der Waals surface area contributed by atoms with Gasteiger partial charge >= 0.3 is 11.9 Å². The highest BCUT2D eigenvalue weighted by molar-refractivity contribution is 6.11. The van der Waals surface area contributed by atoms with E-state index >= 15 is 0 Å². The molecule has 0 aliphatic carbocycles. The fraction of sp³-hybridized carbons (Fsp3) is 0.467. The molecule has 0 bridgehead atoms. The Bertz CT molecular complexity index is 1220. The average Bonchev–Trinajstić information content (AvgIpc) is 2.94. The predicted molar refractivity (Wildman–Crippen MR) is 146 cm³/mol. The number of aryl methyl sites for hydroxylation is 1. The van der Waals surface area contributed by atoms with Crippen molar-refractivity contribution in [2.24, 2.45) is 0 Å². The smallest absolute Gasteiger partial charge is 0.305 e. The number of ether oxygens (including phenoxy) is 6. The van der Waals surface area contributed by atoms with Crippen molar-refractivity contribution in [2.75, 3.05) is 40.6 Å². The van der Waals surface area contributed by atoms with Crippen molar-refractivity contribution in [1.29, 1.82) is 0 Å². The molecule has 0 radical (unpaired) electrons. The summed E-state index contributed by atoms with van der Waals surface area (Å²) in [7, 11) is 3.12. The lowest BCUT2D eigenvalue weighted by atomic mass is 9.98. The molecule has 2 atom stereocenters. The Morgan fingerprint density at radius 2 is 1.13 bits per heavy atom. The second-order valence-electron chi connectivity index (χ2n) is 8.90. The Morgan fingerprint density at radius 1 is 0.658 bits per heavy atom. The summed E-state index contributed by atoms with van der Waals surface area (Å²) in [5.74, 6) is 0.732. The molecule has 2 unspecified atom stereocenters. The molecule has 3 aromatic carbocycles. The van der Waals surface area contributed by atoms with Crippen LogP contribution in [0.1, 0.15) is 39.2 Å². The summed E-state index contributed by atoms with van der Waals surface area (Å²) < 4.78 is 34.3. The van der Waals surface area contributed by atoms with Gasteiger partial charge in [0.1, 0.15) is 24.7 Å². The molecule has 0 aromatic heterocycles. The highest BCUT2D eigenvalue weighted by Crippen LogP contribution is 2.43. The molecule has 38 heavy (non-hydrogen) atoms. The van der Waals surface area contributed by atoms with E-state index in [0.29, 0.717) is 11.5 Å². The molecule has 3 aromatic rings. The van der Waals surface area contributed by atoms with Crippen LogP contribution >= 0.6 is 0 Å². The second kappa shape index (κ2) is 14.5. The van der Waals surface area contributed by atoms with E-state index in [-0.39, 0.29) is 51.2 Å². The third-order valence-electron chi connectivity index (χ3n) is 6.10. The van der Waals surface area contributed by atoms with Crippen LogP contribution in [-0.2, 0) is 35.0 Å². The summed E-state index contributed by atoms with van der Waals surface area (Å²) in [6.07, 6.45) is 0.303. The van der Waals surface area contributed by atoms with Crippen LogP contribution < -0.4 is 9.47 Å². The molecule has 8 nitrogen and oxygen atoms in total. The van der Waals surface area contributed by atoms with Gasteiger partial charge in [0.05, 0.1) is 13.2 Å². The first kappa shape index (κ1) is 29.2. The van der Waals surface area contributed by atoms with Crippen LogP contribution in [0.5, 0.6) is 11.5 Å². The average molecular weight is 527 g/mol. The first-order chi connectivity index (χ1) is 18.4. The van der Waals surface area contributed by atoms with Gasteiger partial charge in [0.2, 0.25) is 0 Å². The molecule has 0 saturated carbocycles. The topological polar surface area (TPSA) is 89.5 Å². The van der Waals surface area contributed by atoms with E-state index < -0.39 is 12.2 Å². The van der Waals surface area contributed by atoms with Crippen molar-refractivity contribution in [2.45, 2.75) is 52.2 Å². The molecule has 0 saturated heterocycles. The minimum Gasteiger partial charge on any atom is -0.488 e. The van der Waals surface area contributed by atoms with Crippen LogP contribution in [0.3, 0.4) is 0 Å². The molecule has 8 heteroatoms. The fourth-order valence-electron chi connectivity index (χ4n) is 4.17. The van der Waals surface area contributed by atoms with E-state index in [1.165, 1.54) is 0 Å². The first-order valence-corrected chi connectivity index (χ1v) is 13.0. The van der Waals surface area contributed by atoms with Gasteiger partial charge in [-0.1, -0.05) is 57.2 Å². The maximum Gasteiger partial charge on any atom is 0.305 e. The fourth-order valence-corrected chi connectivity index (χ4v) is 4.17. The number of esters is 2. The van der Waals surface area contributed by atoms with Crippen molar-refractivity contribution in [3.63, 3.8) is 0 Å². The number of fused-ring (bicyclic) bond motifs is 2. The third-order valence-corrected chi connectivity index (χ3v) is 6.10. The van der Waals surface area contributed by atoms with Crippen molar-refractivity contribution in [3.05, 3.63) is 48.0 Å². The molecule has 0 fully saturated rings. The Balaban J connectivity index is 2.05. The van der Waals surface area contributed by atoms with Crippen molar-refractivity contribution in [1.82, 2.24) is 0 Å². The van der Waals surface area contributed by atoms with Crippen LogP contribution in [0.4, 0.5) is 0 Å². The molecule has 0 amide bonds. The van der Waals surface area contributed by atoms with E-state index in [1.807, 2.05) is 30.3 Å². The van der Waals surface area contributed by atoms with Crippen LogP contribution in [-0.4, -0.2) is 64.8 Å². The zero-order valence-corrected chi connectivity index (χ0v) is 22.9. The third kappa shape index (κ3) is 7.36. The van der Waals surface area contributed by atoms with Crippen LogP contribution in [0.25, 0.3) is 21.5 Å². The predicted octanol–water partition coefficient (Wildman–Crippen LogP) is 5.25. The van der Waals surface area contributed by atoms with Gasteiger partial charge in [0.25, 0.3) is 0 Å². The van der Waals surface area contributed by atoms with Crippen LogP contribution in [0.2, 0.25) is 0 Å². The number of rotatable bonds is 15. The summed E-state index contributed by atoms with van der Waals surface area (Å²) in [5.41, 5.74) is 1.14. The number of hydrogen-bond donors (Lipinski definition) is 0. The summed E-state index contributed by atoms with van der Waals surface area (Å²) >= 11 is 0. The summed E-state index contributed by atoms with van der Waals surface area (Å²) in [6, 6.07) is 14.0. The molecule has 0 heterocycles. The number of carbonyl (C=O) groups excluding carboxylic acids is 2. The zero-order chi connectivity index (χ0) is 27.5. The van der Waals surface area contributed by atoms with E-state index in [1.54, 1.807) is 28.1 Å².